The monoisotopic (exact) mass is 1090 g/mol. The van der Waals surface area contributed by atoms with E-state index in [0.717, 1.165) is 141 Å². The molecule has 0 saturated carbocycles. The molecule has 6 heteroatoms. The van der Waals surface area contributed by atoms with Gasteiger partial charge in [-0.2, -0.15) is 0 Å². The van der Waals surface area contributed by atoms with E-state index < -0.39 is 6.10 Å². The minimum Gasteiger partial charge on any atom is -0.462 e. The van der Waals surface area contributed by atoms with Crippen LogP contribution in [-0.2, 0) is 28.6 Å². The summed E-state index contributed by atoms with van der Waals surface area (Å²) in [7, 11) is 0. The fourth-order valence-corrected chi connectivity index (χ4v) is 8.53. The summed E-state index contributed by atoms with van der Waals surface area (Å²) in [4.78, 5) is 38.3. The van der Waals surface area contributed by atoms with Gasteiger partial charge in [-0.15, -0.1) is 0 Å². The summed E-state index contributed by atoms with van der Waals surface area (Å²) in [6.45, 7) is 6.36. The van der Waals surface area contributed by atoms with E-state index in [2.05, 4.69) is 167 Å². The zero-order valence-corrected chi connectivity index (χ0v) is 51.1. The van der Waals surface area contributed by atoms with E-state index in [4.69, 9.17) is 14.2 Å². The summed E-state index contributed by atoms with van der Waals surface area (Å²) < 4.78 is 16.9. The molecule has 0 aliphatic heterocycles. The van der Waals surface area contributed by atoms with Gasteiger partial charge in [0.25, 0.3) is 0 Å². The van der Waals surface area contributed by atoms with E-state index in [0.29, 0.717) is 25.7 Å². The lowest BCUT2D eigenvalue weighted by atomic mass is 10.1. The summed E-state index contributed by atoms with van der Waals surface area (Å²) in [5, 5.41) is 0. The highest BCUT2D eigenvalue weighted by atomic mass is 16.6. The van der Waals surface area contributed by atoms with Crippen LogP contribution in [0.5, 0.6) is 0 Å². The van der Waals surface area contributed by atoms with E-state index in [1.54, 1.807) is 0 Å². The lowest BCUT2D eigenvalue weighted by Crippen LogP contribution is -2.30. The largest absolute Gasteiger partial charge is 0.462 e. The number of allylic oxidation sites excluding steroid dienone is 24. The van der Waals surface area contributed by atoms with Crippen molar-refractivity contribution in [2.75, 3.05) is 13.2 Å². The molecule has 0 heterocycles. The third-order valence-electron chi connectivity index (χ3n) is 13.3. The van der Waals surface area contributed by atoms with E-state index in [1.807, 2.05) is 0 Å². The number of rotatable bonds is 57. The zero-order valence-electron chi connectivity index (χ0n) is 51.1. The van der Waals surface area contributed by atoms with Gasteiger partial charge < -0.3 is 14.2 Å². The summed E-state index contributed by atoms with van der Waals surface area (Å²) in [5.74, 6) is -0.968. The SMILES string of the molecule is CC/C=C\C/C=C\C/C=C\C/C=C\C/C=C\C/C=C\C/C=C\C/C=C\CCCCC(=O)OCC(COC(=O)CCCCCCC/C=C\C/C=C\C/C=C\CC)OC(=O)CCCCCCCCCCC/C=C\CCCCCCCC. The van der Waals surface area contributed by atoms with Gasteiger partial charge in [-0.3, -0.25) is 14.4 Å². The van der Waals surface area contributed by atoms with Gasteiger partial charge in [-0.1, -0.05) is 263 Å². The Bertz CT molecular complexity index is 1730. The lowest BCUT2D eigenvalue weighted by Gasteiger charge is -2.18. The Balaban J connectivity index is 4.48. The summed E-state index contributed by atoms with van der Waals surface area (Å²) >= 11 is 0. The number of hydrogen-bond donors (Lipinski definition) is 0. The van der Waals surface area contributed by atoms with Crippen LogP contribution < -0.4 is 0 Å². The Labute approximate surface area is 487 Å². The fraction of sp³-hybridized carbons (Fsp3) is 0.630. The number of ether oxygens (including phenoxy) is 3. The second kappa shape index (κ2) is 65.8. The van der Waals surface area contributed by atoms with Crippen molar-refractivity contribution in [3.63, 3.8) is 0 Å². The van der Waals surface area contributed by atoms with Gasteiger partial charge in [0, 0.05) is 19.3 Å². The molecule has 1 unspecified atom stereocenters. The molecule has 1 atom stereocenters. The maximum Gasteiger partial charge on any atom is 0.306 e. The molecule has 0 saturated heterocycles. The normalized spacial score (nSPS) is 13.1. The van der Waals surface area contributed by atoms with Crippen LogP contribution in [0, 0.1) is 0 Å². The van der Waals surface area contributed by atoms with Crippen LogP contribution in [0.3, 0.4) is 0 Å². The first kappa shape index (κ1) is 74.3. The van der Waals surface area contributed by atoms with Crippen LogP contribution in [0.4, 0.5) is 0 Å². The Morgan fingerprint density at radius 1 is 0.266 bits per heavy atom. The van der Waals surface area contributed by atoms with E-state index in [9.17, 15) is 14.4 Å². The molecule has 446 valence electrons. The topological polar surface area (TPSA) is 78.9 Å². The minimum absolute atomic E-state index is 0.106. The highest BCUT2D eigenvalue weighted by Gasteiger charge is 2.19. The molecular formula is C73H118O6. The van der Waals surface area contributed by atoms with Crippen LogP contribution in [0.15, 0.2) is 146 Å². The van der Waals surface area contributed by atoms with Crippen molar-refractivity contribution in [2.45, 2.75) is 284 Å². The number of esters is 3. The molecule has 0 fully saturated rings. The van der Waals surface area contributed by atoms with Crippen LogP contribution in [-0.4, -0.2) is 37.2 Å². The second-order valence-corrected chi connectivity index (χ2v) is 20.9. The molecule has 0 rings (SSSR count). The Morgan fingerprint density at radius 2 is 0.494 bits per heavy atom. The predicted molar refractivity (Wildman–Crippen MR) is 343 cm³/mol. The molecule has 0 amide bonds. The first-order valence-corrected chi connectivity index (χ1v) is 32.3. The first-order valence-electron chi connectivity index (χ1n) is 32.3. The van der Waals surface area contributed by atoms with Crippen molar-refractivity contribution in [3.05, 3.63) is 146 Å². The fourth-order valence-electron chi connectivity index (χ4n) is 8.53. The van der Waals surface area contributed by atoms with Gasteiger partial charge in [0.05, 0.1) is 0 Å². The van der Waals surface area contributed by atoms with Crippen molar-refractivity contribution in [1.82, 2.24) is 0 Å². The molecule has 79 heavy (non-hydrogen) atoms. The Morgan fingerprint density at radius 3 is 0.810 bits per heavy atom. The molecule has 0 aromatic heterocycles. The van der Waals surface area contributed by atoms with Crippen LogP contribution in [0.25, 0.3) is 0 Å². The van der Waals surface area contributed by atoms with Gasteiger partial charge >= 0.3 is 17.9 Å². The van der Waals surface area contributed by atoms with Gasteiger partial charge in [-0.25, -0.2) is 0 Å². The molecule has 0 radical (unpaired) electrons. The average Bonchev–Trinajstić information content (AvgIpc) is 3.45. The molecule has 0 aliphatic carbocycles. The molecule has 0 spiro atoms. The van der Waals surface area contributed by atoms with Crippen LogP contribution in [0.2, 0.25) is 0 Å². The number of unbranched alkanes of at least 4 members (excludes halogenated alkanes) is 22. The smallest absolute Gasteiger partial charge is 0.306 e. The van der Waals surface area contributed by atoms with Crippen molar-refractivity contribution < 1.29 is 28.6 Å². The van der Waals surface area contributed by atoms with Gasteiger partial charge in [0.2, 0.25) is 0 Å². The molecule has 0 N–H and O–H groups in total. The highest BCUT2D eigenvalue weighted by molar-refractivity contribution is 5.71. The van der Waals surface area contributed by atoms with Crippen LogP contribution in [0.1, 0.15) is 278 Å². The lowest BCUT2D eigenvalue weighted by molar-refractivity contribution is -0.167. The third kappa shape index (κ3) is 64.0. The van der Waals surface area contributed by atoms with E-state index >= 15 is 0 Å². The standard InChI is InChI=1S/C73H118O6/c1-4-7-10-13-16-19-22-25-28-30-32-33-34-35-36-37-38-39-41-42-45-48-51-54-57-60-63-66-72(75)78-69-70(68-77-71(74)65-62-59-56-53-50-47-44-27-24-21-18-15-12-9-6-3)79-73(76)67-64-61-58-55-52-49-46-43-40-31-29-26-23-20-17-14-11-8-5-2/h7,9-10,12,16,18-19,21,25-29,32-33,35-36,38-39,42,44-45,51,54,70H,4-6,8,11,13-15,17,20,22-24,30-31,34,37,40-41,43,46-50,52-53,55-69H2,1-3H3/b10-7-,12-9-,19-16-,21-18-,28-25-,29-26-,33-32-,36-35-,39-38-,44-27-,45-42-,54-51-. The minimum atomic E-state index is -0.812. The van der Waals surface area contributed by atoms with Crippen molar-refractivity contribution >= 4 is 17.9 Å². The highest BCUT2D eigenvalue weighted by Crippen LogP contribution is 2.15. The van der Waals surface area contributed by atoms with Crippen molar-refractivity contribution in [1.29, 1.82) is 0 Å². The number of hydrogen-bond acceptors (Lipinski definition) is 6. The molecular weight excluding hydrogens is 973 g/mol. The maximum atomic E-state index is 12.9. The van der Waals surface area contributed by atoms with Gasteiger partial charge in [0.1, 0.15) is 13.2 Å². The Hall–Kier alpha value is -4.71. The third-order valence-corrected chi connectivity index (χ3v) is 13.3. The molecule has 6 nitrogen and oxygen atoms in total. The molecule has 0 bridgehead atoms. The number of carbonyl (C=O) groups is 3. The van der Waals surface area contributed by atoms with Crippen LogP contribution >= 0.6 is 0 Å². The van der Waals surface area contributed by atoms with Gasteiger partial charge in [-0.05, 0) is 141 Å². The van der Waals surface area contributed by atoms with Gasteiger partial charge in [0.15, 0.2) is 6.10 Å². The van der Waals surface area contributed by atoms with Crippen molar-refractivity contribution in [3.8, 4) is 0 Å². The summed E-state index contributed by atoms with van der Waals surface area (Å²) in [6.07, 6.45) is 94.2. The molecule has 0 aliphatic rings. The van der Waals surface area contributed by atoms with E-state index in [-0.39, 0.29) is 31.1 Å². The zero-order chi connectivity index (χ0) is 57.1. The maximum absolute atomic E-state index is 12.9. The number of carbonyl (C=O) groups excluding carboxylic acids is 3. The first-order chi connectivity index (χ1) is 39.0. The van der Waals surface area contributed by atoms with E-state index in [1.165, 1.54) is 89.9 Å². The predicted octanol–water partition coefficient (Wildman–Crippen LogP) is 22.3. The molecule has 0 aromatic carbocycles. The summed E-state index contributed by atoms with van der Waals surface area (Å²) in [6, 6.07) is 0. The molecule has 0 aromatic rings. The second-order valence-electron chi connectivity index (χ2n) is 20.9. The Kier molecular flexibility index (Phi) is 61.9. The quantitative estimate of drug-likeness (QED) is 0.0261. The summed E-state index contributed by atoms with van der Waals surface area (Å²) in [5.41, 5.74) is 0. The average molecular weight is 1090 g/mol. The van der Waals surface area contributed by atoms with Crippen molar-refractivity contribution in [2.24, 2.45) is 0 Å².